The van der Waals surface area contributed by atoms with Crippen molar-refractivity contribution in [2.24, 2.45) is 0 Å². The molecule has 2 aromatic carbocycles. The number of para-hydroxylation sites is 1. The van der Waals surface area contributed by atoms with E-state index in [4.69, 9.17) is 4.74 Å². The number of methoxy groups -OCH3 is 1. The summed E-state index contributed by atoms with van der Waals surface area (Å²) < 4.78 is 5.13. The summed E-state index contributed by atoms with van der Waals surface area (Å²) in [5.74, 6) is -0.0449. The number of amides is 1. The van der Waals surface area contributed by atoms with Crippen LogP contribution in [0.15, 0.2) is 54.9 Å². The first-order valence-corrected chi connectivity index (χ1v) is 13.0. The van der Waals surface area contributed by atoms with Gasteiger partial charge in [-0.25, -0.2) is 9.97 Å². The molecule has 1 amide bonds. The molecule has 3 aromatic rings. The molecule has 2 heterocycles. The van der Waals surface area contributed by atoms with E-state index in [0.29, 0.717) is 24.7 Å². The Labute approximate surface area is 220 Å². The maximum Gasteiger partial charge on any atom is 0.238 e. The van der Waals surface area contributed by atoms with Gasteiger partial charge in [0, 0.05) is 57.3 Å². The largest absolute Gasteiger partial charge is 0.383 e. The first-order valence-electron chi connectivity index (χ1n) is 13.0. The van der Waals surface area contributed by atoms with Crippen LogP contribution >= 0.6 is 0 Å². The van der Waals surface area contributed by atoms with E-state index in [-0.39, 0.29) is 5.91 Å². The van der Waals surface area contributed by atoms with Gasteiger partial charge in [0.1, 0.15) is 18.1 Å². The lowest BCUT2D eigenvalue weighted by molar-refractivity contribution is -0.116. The third kappa shape index (κ3) is 6.64. The molecule has 37 heavy (non-hydrogen) atoms. The number of nitrogens with one attached hydrogen (secondary N) is 2. The minimum atomic E-state index is -0.587. The Morgan fingerprint density at radius 2 is 1.73 bits per heavy atom. The molecular formula is C29H38N6O2. The molecule has 1 atom stereocenters. The first kappa shape index (κ1) is 26.6. The molecule has 2 N–H and O–H groups in total. The Hall–Kier alpha value is -3.49. The fourth-order valence-corrected chi connectivity index (χ4v) is 4.77. The third-order valence-electron chi connectivity index (χ3n) is 7.00. The van der Waals surface area contributed by atoms with Gasteiger partial charge < -0.3 is 25.2 Å². The summed E-state index contributed by atoms with van der Waals surface area (Å²) in [6, 6.07) is 16.2. The summed E-state index contributed by atoms with van der Waals surface area (Å²) in [7, 11) is 1.66. The molecule has 0 aliphatic carbocycles. The number of anilines is 3. The summed E-state index contributed by atoms with van der Waals surface area (Å²) in [5.41, 5.74) is 5.61. The van der Waals surface area contributed by atoms with Crippen molar-refractivity contribution in [2.45, 2.75) is 26.7 Å². The predicted molar refractivity (Wildman–Crippen MR) is 150 cm³/mol. The number of aryl methyl sites for hydroxylation is 2. The van der Waals surface area contributed by atoms with Gasteiger partial charge >= 0.3 is 0 Å². The molecule has 0 spiro atoms. The monoisotopic (exact) mass is 502 g/mol. The molecule has 1 aliphatic rings. The minimum absolute atomic E-state index is 0.122. The van der Waals surface area contributed by atoms with E-state index in [1.54, 1.807) is 7.11 Å². The van der Waals surface area contributed by atoms with Crippen molar-refractivity contribution in [1.29, 1.82) is 0 Å². The second kappa shape index (κ2) is 12.7. The Bertz CT molecular complexity index is 1160. The number of piperazine rings is 1. The molecule has 0 saturated carbocycles. The van der Waals surface area contributed by atoms with E-state index in [1.807, 2.05) is 38.1 Å². The average molecular weight is 503 g/mol. The van der Waals surface area contributed by atoms with Crippen LogP contribution in [-0.2, 0) is 9.53 Å². The van der Waals surface area contributed by atoms with Crippen LogP contribution < -0.4 is 15.5 Å². The molecule has 1 fully saturated rings. The van der Waals surface area contributed by atoms with Gasteiger partial charge in [0.25, 0.3) is 0 Å². The molecule has 8 heteroatoms. The van der Waals surface area contributed by atoms with E-state index in [9.17, 15) is 4.79 Å². The van der Waals surface area contributed by atoms with Crippen molar-refractivity contribution >= 4 is 23.1 Å². The van der Waals surface area contributed by atoms with Crippen molar-refractivity contribution < 1.29 is 9.53 Å². The smallest absolute Gasteiger partial charge is 0.238 e. The summed E-state index contributed by atoms with van der Waals surface area (Å²) >= 11 is 0. The van der Waals surface area contributed by atoms with Crippen molar-refractivity contribution in [3.05, 3.63) is 77.2 Å². The Morgan fingerprint density at radius 3 is 2.38 bits per heavy atom. The van der Waals surface area contributed by atoms with E-state index < -0.39 is 5.92 Å². The van der Waals surface area contributed by atoms with Gasteiger partial charge in [-0.3, -0.25) is 4.79 Å². The predicted octanol–water partition coefficient (Wildman–Crippen LogP) is 4.06. The van der Waals surface area contributed by atoms with E-state index in [1.165, 1.54) is 12.0 Å². The normalized spacial score (nSPS) is 14.9. The molecule has 1 saturated heterocycles. The molecule has 4 rings (SSSR count). The summed E-state index contributed by atoms with van der Waals surface area (Å²) in [6.07, 6.45) is 1.51. The van der Waals surface area contributed by atoms with Crippen molar-refractivity contribution in [1.82, 2.24) is 14.9 Å². The Balaban J connectivity index is 1.62. The van der Waals surface area contributed by atoms with Gasteiger partial charge in [-0.15, -0.1) is 0 Å². The number of carbonyl (C=O) groups excluding carboxylic acids is 1. The van der Waals surface area contributed by atoms with Crippen molar-refractivity contribution in [2.75, 3.05) is 68.5 Å². The molecule has 0 radical (unpaired) electrons. The van der Waals surface area contributed by atoms with E-state index in [2.05, 4.69) is 61.6 Å². The first-order chi connectivity index (χ1) is 18.0. The maximum atomic E-state index is 13.8. The van der Waals surface area contributed by atoms with Gasteiger partial charge in [0.2, 0.25) is 5.91 Å². The lowest BCUT2D eigenvalue weighted by Crippen LogP contribution is -2.46. The Kier molecular flexibility index (Phi) is 9.09. The highest BCUT2D eigenvalue weighted by Gasteiger charge is 2.26. The highest BCUT2D eigenvalue weighted by Crippen LogP contribution is 2.30. The fourth-order valence-electron chi connectivity index (χ4n) is 4.77. The Morgan fingerprint density at radius 1 is 1.03 bits per heavy atom. The molecule has 1 unspecified atom stereocenters. The zero-order valence-electron chi connectivity index (χ0n) is 22.3. The molecule has 8 nitrogen and oxygen atoms in total. The molecule has 1 aromatic heterocycles. The maximum absolute atomic E-state index is 13.8. The number of benzene rings is 2. The zero-order chi connectivity index (χ0) is 26.2. The van der Waals surface area contributed by atoms with Crippen LogP contribution in [0.5, 0.6) is 0 Å². The topological polar surface area (TPSA) is 82.6 Å². The third-order valence-corrected chi connectivity index (χ3v) is 7.00. The average Bonchev–Trinajstić information content (AvgIpc) is 2.92. The standard InChI is InChI=1S/C29H38N6O2/c1-5-34-14-16-35(17-15-34)24-11-9-23(10-12-24)27(25-19-26(32-20-31-25)30-13-18-37-4)29(36)33-28-21(2)7-6-8-22(28)3/h6-12,19-20,27H,5,13-18H2,1-4H3,(H,33,36)(H,30,31,32). The molecule has 1 aliphatic heterocycles. The minimum Gasteiger partial charge on any atom is -0.383 e. The zero-order valence-corrected chi connectivity index (χ0v) is 22.3. The number of hydrogen-bond acceptors (Lipinski definition) is 7. The summed E-state index contributed by atoms with van der Waals surface area (Å²) in [4.78, 5) is 27.5. The number of aromatic nitrogens is 2. The number of ether oxygens (including phenoxy) is 1. The van der Waals surface area contributed by atoms with Crippen LogP contribution in [0.4, 0.5) is 17.2 Å². The number of nitrogens with zero attached hydrogens (tertiary/aromatic N) is 4. The van der Waals surface area contributed by atoms with Crippen LogP contribution in [0.1, 0.15) is 35.2 Å². The van der Waals surface area contributed by atoms with Gasteiger partial charge in [-0.05, 0) is 49.2 Å². The summed E-state index contributed by atoms with van der Waals surface area (Å²) in [6.45, 7) is 12.6. The summed E-state index contributed by atoms with van der Waals surface area (Å²) in [5, 5.41) is 6.42. The van der Waals surface area contributed by atoms with E-state index >= 15 is 0 Å². The van der Waals surface area contributed by atoms with Gasteiger partial charge in [0.15, 0.2) is 0 Å². The number of carbonyl (C=O) groups is 1. The molecule has 196 valence electrons. The fraction of sp³-hybridized carbons (Fsp3) is 0.414. The van der Waals surface area contributed by atoms with Crippen molar-refractivity contribution in [3.63, 3.8) is 0 Å². The van der Waals surface area contributed by atoms with Gasteiger partial charge in [0.05, 0.1) is 12.3 Å². The lowest BCUT2D eigenvalue weighted by atomic mass is 9.93. The van der Waals surface area contributed by atoms with Crippen LogP contribution in [0, 0.1) is 13.8 Å². The van der Waals surface area contributed by atoms with Crippen molar-refractivity contribution in [3.8, 4) is 0 Å². The highest BCUT2D eigenvalue weighted by molar-refractivity contribution is 5.99. The molecular weight excluding hydrogens is 464 g/mol. The number of hydrogen-bond donors (Lipinski definition) is 2. The quantitative estimate of drug-likeness (QED) is 0.405. The second-order valence-electron chi connectivity index (χ2n) is 9.45. The number of likely N-dealkylation sites (N-methyl/N-ethyl adjacent to an activating group) is 1. The van der Waals surface area contributed by atoms with Crippen LogP contribution in [-0.4, -0.2) is 73.8 Å². The van der Waals surface area contributed by atoms with E-state index in [0.717, 1.165) is 55.1 Å². The van der Waals surface area contributed by atoms with Crippen LogP contribution in [0.25, 0.3) is 0 Å². The number of rotatable bonds is 10. The SMILES string of the molecule is CCN1CCN(c2ccc(C(C(=O)Nc3c(C)cccc3C)c3cc(NCCOC)ncn3)cc2)CC1. The second-order valence-corrected chi connectivity index (χ2v) is 9.45. The van der Waals surface area contributed by atoms with Crippen LogP contribution in [0.2, 0.25) is 0 Å². The van der Waals surface area contributed by atoms with Gasteiger partial charge in [-0.1, -0.05) is 37.3 Å². The highest BCUT2D eigenvalue weighted by atomic mass is 16.5. The molecule has 0 bridgehead atoms. The van der Waals surface area contributed by atoms with Gasteiger partial charge in [-0.2, -0.15) is 0 Å². The van der Waals surface area contributed by atoms with Crippen LogP contribution in [0.3, 0.4) is 0 Å². The lowest BCUT2D eigenvalue weighted by Gasteiger charge is -2.35.